The Hall–Kier alpha value is -2.92. The van der Waals surface area contributed by atoms with Gasteiger partial charge < -0.3 is 10.2 Å². The summed E-state index contributed by atoms with van der Waals surface area (Å²) >= 11 is 5.98. The van der Waals surface area contributed by atoms with Gasteiger partial charge in [-0.1, -0.05) is 41.9 Å². The maximum Gasteiger partial charge on any atom is 0.274 e. The number of carbonyl (C=O) groups excluding carboxylic acids is 1. The van der Waals surface area contributed by atoms with Crippen LogP contribution in [0.4, 0.5) is 11.5 Å². The van der Waals surface area contributed by atoms with Gasteiger partial charge in [0.2, 0.25) is 0 Å². The molecular formula is C21H21ClN4O. The van der Waals surface area contributed by atoms with Crippen LogP contribution in [-0.4, -0.2) is 27.3 Å². The molecule has 0 aliphatic heterocycles. The van der Waals surface area contributed by atoms with E-state index >= 15 is 0 Å². The van der Waals surface area contributed by atoms with Crippen LogP contribution in [0.2, 0.25) is 5.02 Å². The average Bonchev–Trinajstić information content (AvgIpc) is 2.69. The number of nitrogens with one attached hydrogen (secondary N) is 1. The van der Waals surface area contributed by atoms with Gasteiger partial charge in [-0.3, -0.25) is 4.79 Å². The molecule has 0 bridgehead atoms. The highest BCUT2D eigenvalue weighted by atomic mass is 35.5. The first-order valence-electron chi connectivity index (χ1n) is 8.75. The Bertz CT molecular complexity index is 913. The van der Waals surface area contributed by atoms with Gasteiger partial charge in [0.1, 0.15) is 11.5 Å². The number of rotatable bonds is 6. The van der Waals surface area contributed by atoms with Crippen molar-refractivity contribution in [3.8, 4) is 0 Å². The van der Waals surface area contributed by atoms with Gasteiger partial charge in [0.15, 0.2) is 0 Å². The van der Waals surface area contributed by atoms with Crippen LogP contribution in [0.25, 0.3) is 0 Å². The number of nitrogens with zero attached hydrogens (tertiary/aromatic N) is 3. The third kappa shape index (κ3) is 4.83. The minimum Gasteiger partial charge on any atom is -0.339 e. The molecule has 0 saturated carbocycles. The predicted octanol–water partition coefficient (Wildman–Crippen LogP) is 4.84. The molecule has 5 nitrogen and oxygen atoms in total. The zero-order valence-electron chi connectivity index (χ0n) is 15.3. The first kappa shape index (κ1) is 18.9. The second-order valence-electron chi connectivity index (χ2n) is 6.18. The highest BCUT2D eigenvalue weighted by molar-refractivity contribution is 6.30. The predicted molar refractivity (Wildman–Crippen MR) is 108 cm³/mol. The minimum atomic E-state index is -0.136. The van der Waals surface area contributed by atoms with Crippen LogP contribution in [0.15, 0.2) is 60.9 Å². The summed E-state index contributed by atoms with van der Waals surface area (Å²) < 4.78 is 0. The number of benzene rings is 2. The molecule has 0 unspecified atom stereocenters. The minimum absolute atomic E-state index is 0.136. The number of halogens is 1. The van der Waals surface area contributed by atoms with E-state index in [-0.39, 0.29) is 5.91 Å². The van der Waals surface area contributed by atoms with Crippen molar-refractivity contribution in [1.82, 2.24) is 14.9 Å². The van der Waals surface area contributed by atoms with Crippen LogP contribution in [0, 0.1) is 6.92 Å². The van der Waals surface area contributed by atoms with Gasteiger partial charge >= 0.3 is 0 Å². The number of aromatic nitrogens is 2. The highest BCUT2D eigenvalue weighted by Crippen LogP contribution is 2.22. The first-order chi connectivity index (χ1) is 13.1. The zero-order valence-corrected chi connectivity index (χ0v) is 16.1. The highest BCUT2D eigenvalue weighted by Gasteiger charge is 2.16. The van der Waals surface area contributed by atoms with Crippen LogP contribution < -0.4 is 5.32 Å². The smallest absolute Gasteiger partial charge is 0.274 e. The Morgan fingerprint density at radius 2 is 1.89 bits per heavy atom. The van der Waals surface area contributed by atoms with E-state index in [2.05, 4.69) is 15.3 Å². The van der Waals surface area contributed by atoms with Gasteiger partial charge in [0.25, 0.3) is 5.91 Å². The Kier molecular flexibility index (Phi) is 6.04. The van der Waals surface area contributed by atoms with E-state index in [0.29, 0.717) is 29.6 Å². The fourth-order valence-electron chi connectivity index (χ4n) is 2.70. The molecule has 0 spiro atoms. The molecule has 27 heavy (non-hydrogen) atoms. The largest absolute Gasteiger partial charge is 0.339 e. The Morgan fingerprint density at radius 3 is 2.52 bits per heavy atom. The van der Waals surface area contributed by atoms with Crippen LogP contribution in [0.3, 0.4) is 0 Å². The number of anilines is 2. The van der Waals surface area contributed by atoms with Crippen molar-refractivity contribution in [2.45, 2.75) is 20.4 Å². The fourth-order valence-corrected chi connectivity index (χ4v) is 2.93. The van der Waals surface area contributed by atoms with Crippen molar-refractivity contribution in [3.05, 3.63) is 82.8 Å². The number of aryl methyl sites for hydroxylation is 1. The molecule has 0 atom stereocenters. The zero-order chi connectivity index (χ0) is 19.2. The Morgan fingerprint density at radius 1 is 1.11 bits per heavy atom. The monoisotopic (exact) mass is 380 g/mol. The maximum absolute atomic E-state index is 12.7. The summed E-state index contributed by atoms with van der Waals surface area (Å²) in [5.74, 6) is 0.436. The number of hydrogen-bond donors (Lipinski definition) is 1. The normalized spacial score (nSPS) is 10.5. The van der Waals surface area contributed by atoms with Gasteiger partial charge in [-0.15, -0.1) is 0 Å². The summed E-state index contributed by atoms with van der Waals surface area (Å²) in [5, 5.41) is 3.87. The second-order valence-corrected chi connectivity index (χ2v) is 6.61. The van der Waals surface area contributed by atoms with Gasteiger partial charge in [0, 0.05) is 23.8 Å². The van der Waals surface area contributed by atoms with E-state index in [0.717, 1.165) is 16.8 Å². The van der Waals surface area contributed by atoms with Crippen molar-refractivity contribution in [1.29, 1.82) is 0 Å². The topological polar surface area (TPSA) is 58.1 Å². The summed E-state index contributed by atoms with van der Waals surface area (Å²) in [7, 11) is 0. The third-order valence-electron chi connectivity index (χ3n) is 4.21. The van der Waals surface area contributed by atoms with Gasteiger partial charge in [0.05, 0.1) is 12.4 Å². The molecule has 6 heteroatoms. The van der Waals surface area contributed by atoms with E-state index in [1.54, 1.807) is 11.1 Å². The molecule has 3 rings (SSSR count). The standard InChI is InChI=1S/C21H21ClN4O/c1-3-26(14-16-7-5-4-6-8-16)21(27)19-12-24-20(13-23-19)25-18-10-9-17(22)11-15(18)2/h4-13H,3,14H2,1-2H3,(H,24,25). The van der Waals surface area contributed by atoms with Gasteiger partial charge in [-0.05, 0) is 43.2 Å². The van der Waals surface area contributed by atoms with E-state index < -0.39 is 0 Å². The summed E-state index contributed by atoms with van der Waals surface area (Å²) in [6.45, 7) is 5.05. The first-order valence-corrected chi connectivity index (χ1v) is 9.13. The SMILES string of the molecule is CCN(Cc1ccccc1)C(=O)c1cnc(Nc2ccc(Cl)cc2C)cn1. The number of carbonyl (C=O) groups is 1. The lowest BCUT2D eigenvalue weighted by Gasteiger charge is -2.20. The lowest BCUT2D eigenvalue weighted by molar-refractivity contribution is 0.0746. The molecule has 0 radical (unpaired) electrons. The Balaban J connectivity index is 1.70. The van der Waals surface area contributed by atoms with Crippen molar-refractivity contribution in [2.24, 2.45) is 0 Å². The molecule has 1 amide bonds. The number of amides is 1. The lowest BCUT2D eigenvalue weighted by Crippen LogP contribution is -2.31. The average molecular weight is 381 g/mol. The molecule has 3 aromatic rings. The maximum atomic E-state index is 12.7. The molecule has 0 saturated heterocycles. The molecule has 0 aliphatic rings. The molecular weight excluding hydrogens is 360 g/mol. The summed E-state index contributed by atoms with van der Waals surface area (Å²) in [4.78, 5) is 23.1. The van der Waals surface area contributed by atoms with E-state index in [4.69, 9.17) is 11.6 Å². The fraction of sp³-hybridized carbons (Fsp3) is 0.190. The van der Waals surface area contributed by atoms with Gasteiger partial charge in [-0.25, -0.2) is 9.97 Å². The third-order valence-corrected chi connectivity index (χ3v) is 4.44. The van der Waals surface area contributed by atoms with Crippen molar-refractivity contribution in [3.63, 3.8) is 0 Å². The van der Waals surface area contributed by atoms with Crippen molar-refractivity contribution >= 4 is 29.0 Å². The Labute approximate surface area is 164 Å². The van der Waals surface area contributed by atoms with Crippen LogP contribution in [-0.2, 0) is 6.54 Å². The van der Waals surface area contributed by atoms with Crippen molar-refractivity contribution < 1.29 is 4.79 Å². The summed E-state index contributed by atoms with van der Waals surface area (Å²) in [5.41, 5.74) is 3.31. The lowest BCUT2D eigenvalue weighted by atomic mass is 10.2. The van der Waals surface area contributed by atoms with E-state index in [1.165, 1.54) is 6.20 Å². The molecule has 1 N–H and O–H groups in total. The van der Waals surface area contributed by atoms with Crippen LogP contribution >= 0.6 is 11.6 Å². The summed E-state index contributed by atoms with van der Waals surface area (Å²) in [6, 6.07) is 15.5. The molecule has 138 valence electrons. The van der Waals surface area contributed by atoms with Crippen LogP contribution in [0.1, 0.15) is 28.5 Å². The molecule has 1 aromatic heterocycles. The summed E-state index contributed by atoms with van der Waals surface area (Å²) in [6.07, 6.45) is 3.07. The van der Waals surface area contributed by atoms with E-state index in [9.17, 15) is 4.79 Å². The molecule has 1 heterocycles. The van der Waals surface area contributed by atoms with Gasteiger partial charge in [-0.2, -0.15) is 0 Å². The molecule has 2 aromatic carbocycles. The van der Waals surface area contributed by atoms with Crippen LogP contribution in [0.5, 0.6) is 0 Å². The quantitative estimate of drug-likeness (QED) is 0.664. The van der Waals surface area contributed by atoms with Crippen molar-refractivity contribution in [2.75, 3.05) is 11.9 Å². The second kappa shape index (κ2) is 8.64. The molecule has 0 fully saturated rings. The van der Waals surface area contributed by atoms with E-state index in [1.807, 2.05) is 62.4 Å². The number of hydrogen-bond acceptors (Lipinski definition) is 4. The molecule has 0 aliphatic carbocycles.